The number of aromatic nitrogens is 3. The third-order valence-corrected chi connectivity index (χ3v) is 5.36. The van der Waals surface area contributed by atoms with Gasteiger partial charge in [0.1, 0.15) is 5.82 Å². The van der Waals surface area contributed by atoms with Crippen molar-refractivity contribution in [2.24, 2.45) is 7.05 Å². The van der Waals surface area contributed by atoms with E-state index in [4.69, 9.17) is 0 Å². The lowest BCUT2D eigenvalue weighted by Crippen LogP contribution is -2.28. The molecule has 0 radical (unpaired) electrons. The third-order valence-electron chi connectivity index (χ3n) is 4.34. The monoisotopic (exact) mass is 427 g/mol. The van der Waals surface area contributed by atoms with Crippen LogP contribution in [-0.4, -0.2) is 32.3 Å². The highest BCUT2D eigenvalue weighted by Crippen LogP contribution is 2.20. The summed E-state index contributed by atoms with van der Waals surface area (Å²) in [4.78, 5) is 24.6. The largest absolute Gasteiger partial charge is 0.342 e. The van der Waals surface area contributed by atoms with Crippen molar-refractivity contribution in [3.63, 3.8) is 0 Å². The molecule has 1 heterocycles. The Morgan fingerprint density at radius 2 is 1.90 bits per heavy atom. The molecule has 0 fully saturated rings. The van der Waals surface area contributed by atoms with Crippen molar-refractivity contribution in [3.8, 4) is 0 Å². The van der Waals surface area contributed by atoms with E-state index in [1.54, 1.807) is 17.7 Å². The fourth-order valence-corrected chi connectivity index (χ4v) is 3.54. The first kappa shape index (κ1) is 21.5. The van der Waals surface area contributed by atoms with E-state index in [-0.39, 0.29) is 29.4 Å². The highest BCUT2D eigenvalue weighted by atomic mass is 32.2. The van der Waals surface area contributed by atoms with Crippen LogP contribution in [0, 0.1) is 12.7 Å². The van der Waals surface area contributed by atoms with Crippen LogP contribution in [0.3, 0.4) is 0 Å². The van der Waals surface area contributed by atoms with Crippen molar-refractivity contribution < 1.29 is 14.0 Å². The number of nitrogens with zero attached hydrogens (tertiary/aromatic N) is 3. The molecule has 2 N–H and O–H groups in total. The Hall–Kier alpha value is -3.20. The molecule has 0 unspecified atom stereocenters. The molecule has 3 aromatic rings. The van der Waals surface area contributed by atoms with E-state index in [1.807, 2.05) is 32.0 Å². The van der Waals surface area contributed by atoms with E-state index in [9.17, 15) is 14.0 Å². The molecule has 7 nitrogen and oxygen atoms in total. The maximum atomic E-state index is 12.9. The predicted molar refractivity (Wildman–Crippen MR) is 114 cm³/mol. The Morgan fingerprint density at radius 1 is 1.17 bits per heavy atom. The lowest BCUT2D eigenvalue weighted by molar-refractivity contribution is -0.113. The van der Waals surface area contributed by atoms with Gasteiger partial charge in [-0.25, -0.2) is 4.39 Å². The minimum absolute atomic E-state index is 0.118. The van der Waals surface area contributed by atoms with Crippen molar-refractivity contribution in [1.82, 2.24) is 20.1 Å². The number of amides is 2. The molecule has 9 heteroatoms. The number of carbonyl (C=O) groups excluding carboxylic acids is 2. The summed E-state index contributed by atoms with van der Waals surface area (Å²) in [5, 5.41) is 14.4. The quantitative estimate of drug-likeness (QED) is 0.564. The van der Waals surface area contributed by atoms with Gasteiger partial charge in [0.25, 0.3) is 5.91 Å². The molecular weight excluding hydrogens is 405 g/mol. The van der Waals surface area contributed by atoms with Gasteiger partial charge in [-0.1, -0.05) is 29.5 Å². The Balaban J connectivity index is 1.57. The molecule has 1 aromatic heterocycles. The van der Waals surface area contributed by atoms with Gasteiger partial charge in [-0.2, -0.15) is 0 Å². The number of carbonyl (C=O) groups is 2. The number of benzene rings is 2. The SMILES string of the molecule is Cc1cccc(C(=O)N[C@@H](C)c2nnc(SCC(=O)Nc3ccc(F)cc3)n2C)c1. The lowest BCUT2D eigenvalue weighted by Gasteiger charge is -2.14. The molecule has 0 saturated heterocycles. The van der Waals surface area contributed by atoms with Crippen LogP contribution >= 0.6 is 11.8 Å². The summed E-state index contributed by atoms with van der Waals surface area (Å²) in [6.45, 7) is 3.76. The predicted octanol–water partition coefficient (Wildman–Crippen LogP) is 3.48. The molecule has 2 aromatic carbocycles. The zero-order valence-corrected chi connectivity index (χ0v) is 17.7. The Bertz CT molecular complexity index is 1050. The van der Waals surface area contributed by atoms with Gasteiger partial charge in [-0.3, -0.25) is 9.59 Å². The number of halogens is 1. The smallest absolute Gasteiger partial charge is 0.251 e. The van der Waals surface area contributed by atoms with E-state index < -0.39 is 0 Å². The number of aryl methyl sites for hydroxylation is 1. The normalized spacial score (nSPS) is 11.7. The second kappa shape index (κ2) is 9.53. The zero-order valence-electron chi connectivity index (χ0n) is 16.8. The number of hydrogen-bond acceptors (Lipinski definition) is 5. The van der Waals surface area contributed by atoms with E-state index in [1.165, 1.54) is 36.0 Å². The van der Waals surface area contributed by atoms with Crippen LogP contribution in [-0.2, 0) is 11.8 Å². The highest BCUT2D eigenvalue weighted by Gasteiger charge is 2.19. The Labute approximate surface area is 178 Å². The summed E-state index contributed by atoms with van der Waals surface area (Å²) in [7, 11) is 1.78. The molecule has 30 heavy (non-hydrogen) atoms. The lowest BCUT2D eigenvalue weighted by atomic mass is 10.1. The second-order valence-electron chi connectivity index (χ2n) is 6.81. The van der Waals surface area contributed by atoms with E-state index in [2.05, 4.69) is 20.8 Å². The van der Waals surface area contributed by atoms with Gasteiger partial charge in [-0.15, -0.1) is 10.2 Å². The van der Waals surface area contributed by atoms with Crippen molar-refractivity contribution in [3.05, 3.63) is 71.3 Å². The van der Waals surface area contributed by atoms with E-state index in [0.29, 0.717) is 22.2 Å². The van der Waals surface area contributed by atoms with Gasteiger partial charge in [-0.05, 0) is 50.2 Å². The van der Waals surface area contributed by atoms with Crippen molar-refractivity contribution in [2.75, 3.05) is 11.1 Å². The van der Waals surface area contributed by atoms with Crippen molar-refractivity contribution in [2.45, 2.75) is 25.0 Å². The summed E-state index contributed by atoms with van der Waals surface area (Å²) >= 11 is 1.22. The third kappa shape index (κ3) is 5.44. The van der Waals surface area contributed by atoms with Crippen LogP contribution in [0.4, 0.5) is 10.1 Å². The molecule has 0 spiro atoms. The number of anilines is 1. The topological polar surface area (TPSA) is 88.9 Å². The van der Waals surface area contributed by atoms with Crippen molar-refractivity contribution >= 4 is 29.3 Å². The molecule has 2 amide bonds. The number of nitrogens with one attached hydrogen (secondary N) is 2. The fourth-order valence-electron chi connectivity index (χ4n) is 2.82. The summed E-state index contributed by atoms with van der Waals surface area (Å²) in [6, 6.07) is 12.5. The van der Waals surface area contributed by atoms with Crippen LogP contribution in [0.5, 0.6) is 0 Å². The molecule has 0 aliphatic rings. The van der Waals surface area contributed by atoms with Crippen LogP contribution in [0.1, 0.15) is 34.7 Å². The Kier molecular flexibility index (Phi) is 6.83. The van der Waals surface area contributed by atoms with Gasteiger partial charge in [0.2, 0.25) is 5.91 Å². The molecular formula is C21H22FN5O2S. The molecule has 156 valence electrons. The molecule has 1 atom stereocenters. The number of rotatable bonds is 7. The van der Waals surface area contributed by atoms with Gasteiger partial charge in [0, 0.05) is 18.3 Å². The van der Waals surface area contributed by atoms with Crippen LogP contribution < -0.4 is 10.6 Å². The summed E-state index contributed by atoms with van der Waals surface area (Å²) < 4.78 is 14.7. The van der Waals surface area contributed by atoms with Gasteiger partial charge in [0.15, 0.2) is 11.0 Å². The summed E-state index contributed by atoms with van der Waals surface area (Å²) in [5.41, 5.74) is 2.11. The average molecular weight is 428 g/mol. The highest BCUT2D eigenvalue weighted by molar-refractivity contribution is 7.99. The molecule has 0 aliphatic carbocycles. The molecule has 0 aliphatic heterocycles. The standard InChI is InChI=1S/C21H22FN5O2S/c1-13-5-4-6-15(11-13)20(29)23-14(2)19-25-26-21(27(19)3)30-12-18(28)24-17-9-7-16(22)8-10-17/h4-11,14H,12H2,1-3H3,(H,23,29)(H,24,28)/t14-/m0/s1. The van der Waals surface area contributed by atoms with Crippen LogP contribution in [0.2, 0.25) is 0 Å². The Morgan fingerprint density at radius 3 is 2.60 bits per heavy atom. The maximum absolute atomic E-state index is 12.9. The first-order chi connectivity index (χ1) is 14.3. The fraction of sp³-hybridized carbons (Fsp3) is 0.238. The van der Waals surface area contributed by atoms with Crippen molar-refractivity contribution in [1.29, 1.82) is 0 Å². The van der Waals surface area contributed by atoms with Gasteiger partial charge in [0.05, 0.1) is 11.8 Å². The van der Waals surface area contributed by atoms with E-state index >= 15 is 0 Å². The van der Waals surface area contributed by atoms with Crippen LogP contribution in [0.25, 0.3) is 0 Å². The minimum Gasteiger partial charge on any atom is -0.342 e. The first-order valence-corrected chi connectivity index (χ1v) is 10.3. The molecule has 3 rings (SSSR count). The molecule has 0 saturated carbocycles. The number of hydrogen-bond donors (Lipinski definition) is 2. The minimum atomic E-state index is -0.363. The zero-order chi connectivity index (χ0) is 21.7. The summed E-state index contributed by atoms with van der Waals surface area (Å²) in [5.74, 6) is -0.0954. The van der Waals surface area contributed by atoms with Crippen LogP contribution in [0.15, 0.2) is 53.7 Å². The van der Waals surface area contributed by atoms with Gasteiger partial charge < -0.3 is 15.2 Å². The first-order valence-electron chi connectivity index (χ1n) is 9.28. The maximum Gasteiger partial charge on any atom is 0.251 e. The van der Waals surface area contributed by atoms with E-state index in [0.717, 1.165) is 5.56 Å². The summed E-state index contributed by atoms with van der Waals surface area (Å²) in [6.07, 6.45) is 0. The number of thioether (sulfide) groups is 1. The average Bonchev–Trinajstić information content (AvgIpc) is 3.08. The second-order valence-corrected chi connectivity index (χ2v) is 7.75. The molecule has 0 bridgehead atoms. The van der Waals surface area contributed by atoms with Gasteiger partial charge >= 0.3 is 0 Å².